The molecule has 0 aliphatic rings. The molecule has 0 amide bonds. The van der Waals surface area contributed by atoms with Crippen molar-refractivity contribution < 1.29 is 0 Å². The topological polar surface area (TPSA) is 12.0 Å². The number of hydrogen-bond acceptors (Lipinski definition) is 2. The van der Waals surface area contributed by atoms with Crippen LogP contribution in [0.4, 0.5) is 5.69 Å². The van der Waals surface area contributed by atoms with Crippen molar-refractivity contribution in [1.29, 1.82) is 0 Å². The van der Waals surface area contributed by atoms with Crippen LogP contribution < -0.4 is 5.32 Å². The van der Waals surface area contributed by atoms with Crippen LogP contribution in [0, 0.1) is 13.8 Å². The first-order chi connectivity index (χ1) is 7.65. The number of hydrogen-bond donors (Lipinski definition) is 1. The van der Waals surface area contributed by atoms with Crippen molar-refractivity contribution in [2.45, 2.75) is 20.4 Å². The van der Waals surface area contributed by atoms with Crippen LogP contribution in [-0.4, -0.2) is 0 Å². The molecule has 0 atom stereocenters. The Hall–Kier alpha value is -0.800. The Morgan fingerprint density at radius 2 is 2.06 bits per heavy atom. The van der Waals surface area contributed by atoms with Crippen molar-refractivity contribution in [2.75, 3.05) is 5.32 Å². The molecule has 1 aromatic heterocycles. The Labute approximate surface area is 109 Å². The lowest BCUT2D eigenvalue weighted by molar-refractivity contribution is 1.19. The molecule has 1 nitrogen and oxygen atoms in total. The standard InChI is InChI=1S/C13H14BrNS/c1-9-4-3-5-11(6-9)15-8-12-7-13(14)10(2)16-12/h3-7,15H,8H2,1-2H3. The molecule has 0 spiro atoms. The summed E-state index contributed by atoms with van der Waals surface area (Å²) in [7, 11) is 0. The Balaban J connectivity index is 2.02. The molecular weight excluding hydrogens is 282 g/mol. The van der Waals surface area contributed by atoms with E-state index in [-0.39, 0.29) is 0 Å². The Morgan fingerprint density at radius 3 is 2.69 bits per heavy atom. The number of benzene rings is 1. The lowest BCUT2D eigenvalue weighted by atomic mass is 10.2. The van der Waals surface area contributed by atoms with Gasteiger partial charge in [-0.05, 0) is 53.5 Å². The van der Waals surface area contributed by atoms with Gasteiger partial charge in [0.15, 0.2) is 0 Å². The summed E-state index contributed by atoms with van der Waals surface area (Å²) >= 11 is 5.36. The van der Waals surface area contributed by atoms with Gasteiger partial charge in [-0.1, -0.05) is 12.1 Å². The SMILES string of the molecule is Cc1cccc(NCc2cc(Br)c(C)s2)c1. The van der Waals surface area contributed by atoms with Gasteiger partial charge in [-0.25, -0.2) is 0 Å². The number of aryl methyl sites for hydroxylation is 2. The van der Waals surface area contributed by atoms with Crippen LogP contribution in [0.5, 0.6) is 0 Å². The highest BCUT2D eigenvalue weighted by Gasteiger charge is 2.02. The van der Waals surface area contributed by atoms with Crippen LogP contribution in [-0.2, 0) is 6.54 Å². The molecule has 2 rings (SSSR count). The van der Waals surface area contributed by atoms with Gasteiger partial charge in [0.05, 0.1) is 0 Å². The van der Waals surface area contributed by atoms with E-state index in [1.54, 1.807) is 0 Å². The average Bonchev–Trinajstić information content (AvgIpc) is 2.56. The highest BCUT2D eigenvalue weighted by Crippen LogP contribution is 2.26. The van der Waals surface area contributed by atoms with Gasteiger partial charge in [-0.2, -0.15) is 0 Å². The first kappa shape index (κ1) is 11.7. The quantitative estimate of drug-likeness (QED) is 0.862. The van der Waals surface area contributed by atoms with E-state index in [2.05, 4.69) is 65.4 Å². The van der Waals surface area contributed by atoms with E-state index in [1.165, 1.54) is 25.5 Å². The van der Waals surface area contributed by atoms with Crippen molar-refractivity contribution in [3.05, 3.63) is 50.1 Å². The lowest BCUT2D eigenvalue weighted by Crippen LogP contribution is -1.97. The molecule has 0 saturated heterocycles. The highest BCUT2D eigenvalue weighted by molar-refractivity contribution is 9.10. The molecule has 2 aromatic rings. The molecule has 1 aromatic carbocycles. The van der Waals surface area contributed by atoms with Crippen LogP contribution in [0.25, 0.3) is 0 Å². The number of thiophene rings is 1. The summed E-state index contributed by atoms with van der Waals surface area (Å²) in [6.07, 6.45) is 0. The van der Waals surface area contributed by atoms with Gasteiger partial charge in [0, 0.05) is 26.5 Å². The van der Waals surface area contributed by atoms with E-state index in [0.29, 0.717) is 0 Å². The number of rotatable bonds is 3. The van der Waals surface area contributed by atoms with E-state index in [4.69, 9.17) is 0 Å². The van der Waals surface area contributed by atoms with Crippen LogP contribution in [0.2, 0.25) is 0 Å². The zero-order valence-corrected chi connectivity index (χ0v) is 11.8. The van der Waals surface area contributed by atoms with Crippen molar-refractivity contribution >= 4 is 33.0 Å². The van der Waals surface area contributed by atoms with Gasteiger partial charge in [0.1, 0.15) is 0 Å². The van der Waals surface area contributed by atoms with Crippen molar-refractivity contribution in [3.63, 3.8) is 0 Å². The summed E-state index contributed by atoms with van der Waals surface area (Å²) in [4.78, 5) is 2.69. The largest absolute Gasteiger partial charge is 0.380 e. The third-order valence-electron chi connectivity index (χ3n) is 2.39. The zero-order chi connectivity index (χ0) is 11.5. The van der Waals surface area contributed by atoms with Gasteiger partial charge in [-0.15, -0.1) is 11.3 Å². The van der Waals surface area contributed by atoms with Crippen molar-refractivity contribution in [3.8, 4) is 0 Å². The fourth-order valence-electron chi connectivity index (χ4n) is 1.55. The molecule has 84 valence electrons. The minimum atomic E-state index is 0.889. The number of nitrogens with one attached hydrogen (secondary N) is 1. The predicted molar refractivity (Wildman–Crippen MR) is 75.3 cm³/mol. The van der Waals surface area contributed by atoms with Gasteiger partial charge in [0.25, 0.3) is 0 Å². The molecule has 1 N–H and O–H groups in total. The minimum absolute atomic E-state index is 0.889. The first-order valence-corrected chi connectivity index (χ1v) is 6.81. The van der Waals surface area contributed by atoms with Gasteiger partial charge in [0.2, 0.25) is 0 Å². The summed E-state index contributed by atoms with van der Waals surface area (Å²) in [5.74, 6) is 0. The van der Waals surface area contributed by atoms with Gasteiger partial charge < -0.3 is 5.32 Å². The summed E-state index contributed by atoms with van der Waals surface area (Å²) in [5.41, 5.74) is 2.47. The molecule has 0 radical (unpaired) electrons. The van der Waals surface area contributed by atoms with Crippen LogP contribution in [0.3, 0.4) is 0 Å². The maximum Gasteiger partial charge on any atom is 0.0494 e. The molecule has 3 heteroatoms. The summed E-state index contributed by atoms with van der Waals surface area (Å²) < 4.78 is 1.21. The number of halogens is 1. The number of anilines is 1. The Bertz CT molecular complexity index is 471. The molecular formula is C13H14BrNS. The molecule has 0 fully saturated rings. The van der Waals surface area contributed by atoms with Crippen molar-refractivity contribution in [1.82, 2.24) is 0 Å². The third kappa shape index (κ3) is 2.86. The molecule has 0 bridgehead atoms. The van der Waals surface area contributed by atoms with Gasteiger partial charge >= 0.3 is 0 Å². The second-order valence-electron chi connectivity index (χ2n) is 3.84. The lowest BCUT2D eigenvalue weighted by Gasteiger charge is -2.05. The summed E-state index contributed by atoms with van der Waals surface area (Å²) in [6.45, 7) is 5.13. The first-order valence-electron chi connectivity index (χ1n) is 5.20. The van der Waals surface area contributed by atoms with Crippen LogP contribution in [0.1, 0.15) is 15.3 Å². The van der Waals surface area contributed by atoms with Crippen LogP contribution >= 0.6 is 27.3 Å². The van der Waals surface area contributed by atoms with Crippen LogP contribution in [0.15, 0.2) is 34.8 Å². The average molecular weight is 296 g/mol. The molecule has 16 heavy (non-hydrogen) atoms. The Morgan fingerprint density at radius 1 is 1.25 bits per heavy atom. The van der Waals surface area contributed by atoms with E-state index >= 15 is 0 Å². The fourth-order valence-corrected chi connectivity index (χ4v) is 3.09. The second-order valence-corrected chi connectivity index (χ2v) is 6.04. The smallest absolute Gasteiger partial charge is 0.0494 e. The summed E-state index contributed by atoms with van der Waals surface area (Å²) in [6, 6.07) is 10.6. The highest BCUT2D eigenvalue weighted by atomic mass is 79.9. The Kier molecular flexibility index (Phi) is 3.66. The zero-order valence-electron chi connectivity index (χ0n) is 9.38. The van der Waals surface area contributed by atoms with E-state index < -0.39 is 0 Å². The molecule has 0 aliphatic carbocycles. The predicted octanol–water partition coefficient (Wildman–Crippen LogP) is 4.74. The maximum atomic E-state index is 3.54. The molecule has 0 saturated carbocycles. The second kappa shape index (κ2) is 5.02. The summed E-state index contributed by atoms with van der Waals surface area (Å²) in [5, 5.41) is 3.43. The third-order valence-corrected chi connectivity index (χ3v) is 4.53. The van der Waals surface area contributed by atoms with E-state index in [9.17, 15) is 0 Å². The minimum Gasteiger partial charge on any atom is -0.380 e. The fraction of sp³-hybridized carbons (Fsp3) is 0.231. The maximum absolute atomic E-state index is 3.54. The molecule has 1 heterocycles. The molecule has 0 unspecified atom stereocenters. The van der Waals surface area contributed by atoms with Crippen molar-refractivity contribution in [2.24, 2.45) is 0 Å². The van der Waals surface area contributed by atoms with E-state index in [0.717, 1.165) is 6.54 Å². The van der Waals surface area contributed by atoms with E-state index in [1.807, 2.05) is 11.3 Å². The monoisotopic (exact) mass is 295 g/mol. The molecule has 0 aliphatic heterocycles. The van der Waals surface area contributed by atoms with Gasteiger partial charge in [-0.3, -0.25) is 0 Å². The normalized spacial score (nSPS) is 10.4.